The molecule has 1 heterocycles. The lowest BCUT2D eigenvalue weighted by molar-refractivity contribution is -0.120. The second-order valence-electron chi connectivity index (χ2n) is 5.30. The van der Waals surface area contributed by atoms with Gasteiger partial charge in [-0.15, -0.1) is 10.2 Å². The van der Waals surface area contributed by atoms with Gasteiger partial charge in [-0.2, -0.15) is 0 Å². The van der Waals surface area contributed by atoms with Crippen LogP contribution in [-0.2, 0) is 4.79 Å². The Bertz CT molecular complexity index is 414. The summed E-state index contributed by atoms with van der Waals surface area (Å²) in [5, 5.41) is 15.0. The molecule has 0 bridgehead atoms. The van der Waals surface area contributed by atoms with Gasteiger partial charge in [0.2, 0.25) is 11.0 Å². The number of rotatable bonds is 6. The molecule has 7 heteroatoms. The minimum Gasteiger partial charge on any atom is -0.355 e. The summed E-state index contributed by atoms with van der Waals surface area (Å²) in [6.07, 6.45) is 0.946. The second kappa shape index (κ2) is 7.09. The van der Waals surface area contributed by atoms with Crippen molar-refractivity contribution >= 4 is 34.1 Å². The number of amides is 1. The quantitative estimate of drug-likeness (QED) is 0.791. The van der Waals surface area contributed by atoms with Crippen LogP contribution in [-0.4, -0.2) is 33.4 Å². The van der Waals surface area contributed by atoms with Crippen LogP contribution >= 0.6 is 23.1 Å². The van der Waals surface area contributed by atoms with Gasteiger partial charge in [0.25, 0.3) is 0 Å². The molecular formula is C12H22N4OS2. The molecule has 2 N–H and O–H groups in total. The Morgan fingerprint density at radius 2 is 2.11 bits per heavy atom. The molecule has 0 aliphatic rings. The predicted molar refractivity (Wildman–Crippen MR) is 81.9 cm³/mol. The third-order valence-corrected chi connectivity index (χ3v) is 4.11. The number of thioether (sulfide) groups is 1. The van der Waals surface area contributed by atoms with Gasteiger partial charge in [-0.25, -0.2) is 0 Å². The largest absolute Gasteiger partial charge is 0.355 e. The van der Waals surface area contributed by atoms with Crippen molar-refractivity contribution in [1.29, 1.82) is 0 Å². The van der Waals surface area contributed by atoms with Crippen molar-refractivity contribution in [3.05, 3.63) is 0 Å². The zero-order chi connectivity index (χ0) is 14.5. The van der Waals surface area contributed by atoms with E-state index in [2.05, 4.69) is 41.6 Å². The minimum absolute atomic E-state index is 0.0361. The third-order valence-electron chi connectivity index (χ3n) is 2.08. The lowest BCUT2D eigenvalue weighted by Gasteiger charge is -2.18. The summed E-state index contributed by atoms with van der Waals surface area (Å²) in [5.74, 6) is 0.0485. The molecule has 1 amide bonds. The SMILES string of the molecule is CCCNC(=O)C(C)Sc1nnc(NC(C)(C)C)s1. The van der Waals surface area contributed by atoms with Crippen molar-refractivity contribution < 1.29 is 4.79 Å². The van der Waals surface area contributed by atoms with E-state index in [1.54, 1.807) is 0 Å². The lowest BCUT2D eigenvalue weighted by Crippen LogP contribution is -2.31. The highest BCUT2D eigenvalue weighted by atomic mass is 32.2. The average molecular weight is 302 g/mol. The highest BCUT2D eigenvalue weighted by Crippen LogP contribution is 2.30. The molecule has 0 aliphatic carbocycles. The zero-order valence-corrected chi connectivity index (χ0v) is 13.7. The van der Waals surface area contributed by atoms with E-state index in [9.17, 15) is 4.79 Å². The van der Waals surface area contributed by atoms with Gasteiger partial charge >= 0.3 is 0 Å². The maximum Gasteiger partial charge on any atom is 0.233 e. The fourth-order valence-electron chi connectivity index (χ4n) is 1.23. The highest BCUT2D eigenvalue weighted by Gasteiger charge is 2.18. The van der Waals surface area contributed by atoms with E-state index < -0.39 is 0 Å². The smallest absolute Gasteiger partial charge is 0.233 e. The summed E-state index contributed by atoms with van der Waals surface area (Å²) in [6.45, 7) is 10.9. The lowest BCUT2D eigenvalue weighted by atomic mass is 10.1. The van der Waals surface area contributed by atoms with E-state index in [-0.39, 0.29) is 16.7 Å². The first-order chi connectivity index (χ1) is 8.81. The molecule has 108 valence electrons. The van der Waals surface area contributed by atoms with Gasteiger partial charge in [0, 0.05) is 12.1 Å². The van der Waals surface area contributed by atoms with Crippen LogP contribution < -0.4 is 10.6 Å². The summed E-state index contributed by atoms with van der Waals surface area (Å²) in [6, 6.07) is 0. The van der Waals surface area contributed by atoms with E-state index in [1.165, 1.54) is 23.1 Å². The summed E-state index contributed by atoms with van der Waals surface area (Å²) in [7, 11) is 0. The molecule has 0 spiro atoms. The standard InChI is InChI=1S/C12H22N4OS2/c1-6-7-13-9(17)8(2)18-11-16-15-10(19-11)14-12(3,4)5/h8H,6-7H2,1-5H3,(H,13,17)(H,14,15). The first-order valence-electron chi connectivity index (χ1n) is 6.38. The Hall–Kier alpha value is -0.820. The Morgan fingerprint density at radius 3 is 2.68 bits per heavy atom. The molecule has 1 atom stereocenters. The molecule has 1 aromatic rings. The van der Waals surface area contributed by atoms with E-state index in [0.29, 0.717) is 0 Å². The summed E-state index contributed by atoms with van der Waals surface area (Å²) >= 11 is 2.92. The van der Waals surface area contributed by atoms with E-state index in [4.69, 9.17) is 0 Å². The van der Waals surface area contributed by atoms with Gasteiger partial charge in [0.1, 0.15) is 0 Å². The number of carbonyl (C=O) groups excluding carboxylic acids is 1. The number of anilines is 1. The third kappa shape index (κ3) is 6.24. The Labute approximate surface area is 123 Å². The monoisotopic (exact) mass is 302 g/mol. The first kappa shape index (κ1) is 16.2. The Kier molecular flexibility index (Phi) is 6.06. The maximum atomic E-state index is 11.8. The predicted octanol–water partition coefficient (Wildman–Crippen LogP) is 2.76. The molecule has 5 nitrogen and oxygen atoms in total. The van der Waals surface area contributed by atoms with Gasteiger partial charge in [-0.3, -0.25) is 4.79 Å². The van der Waals surface area contributed by atoms with Crippen LogP contribution in [0.5, 0.6) is 0 Å². The normalized spacial score (nSPS) is 13.1. The second-order valence-corrected chi connectivity index (χ2v) is 7.86. The Morgan fingerprint density at radius 1 is 1.42 bits per heavy atom. The van der Waals surface area contributed by atoms with E-state index in [1.807, 2.05) is 13.8 Å². The van der Waals surface area contributed by atoms with Crippen LogP contribution in [0.15, 0.2) is 4.34 Å². The van der Waals surface area contributed by atoms with Crippen LogP contribution in [0.3, 0.4) is 0 Å². The molecule has 1 rings (SSSR count). The molecular weight excluding hydrogens is 280 g/mol. The van der Waals surface area contributed by atoms with Crippen molar-refractivity contribution in [3.8, 4) is 0 Å². The first-order valence-corrected chi connectivity index (χ1v) is 8.07. The molecule has 0 saturated heterocycles. The summed E-state index contributed by atoms with van der Waals surface area (Å²) in [5.41, 5.74) is -0.0361. The van der Waals surface area contributed by atoms with Crippen molar-refractivity contribution in [2.24, 2.45) is 0 Å². The van der Waals surface area contributed by atoms with Gasteiger partial charge < -0.3 is 10.6 Å². The minimum atomic E-state index is -0.151. The van der Waals surface area contributed by atoms with Crippen molar-refractivity contribution in [2.45, 2.75) is 56.2 Å². The number of hydrogen-bond acceptors (Lipinski definition) is 6. The van der Waals surface area contributed by atoms with Crippen molar-refractivity contribution in [3.63, 3.8) is 0 Å². The van der Waals surface area contributed by atoms with Gasteiger partial charge in [-0.05, 0) is 34.1 Å². The fourth-order valence-corrected chi connectivity index (χ4v) is 3.35. The number of hydrogen-bond donors (Lipinski definition) is 2. The van der Waals surface area contributed by atoms with Crippen LogP contribution in [0.4, 0.5) is 5.13 Å². The topological polar surface area (TPSA) is 66.9 Å². The van der Waals surface area contributed by atoms with E-state index >= 15 is 0 Å². The molecule has 0 saturated carbocycles. The van der Waals surface area contributed by atoms with Gasteiger partial charge in [0.05, 0.1) is 5.25 Å². The Balaban J connectivity index is 2.51. The van der Waals surface area contributed by atoms with Crippen LogP contribution in [0, 0.1) is 0 Å². The number of nitrogens with one attached hydrogen (secondary N) is 2. The summed E-state index contributed by atoms with van der Waals surface area (Å²) < 4.78 is 0.811. The molecule has 1 unspecified atom stereocenters. The van der Waals surface area contributed by atoms with E-state index in [0.717, 1.165) is 22.4 Å². The van der Waals surface area contributed by atoms with Gasteiger partial charge in [0.15, 0.2) is 4.34 Å². The van der Waals surface area contributed by atoms with Crippen molar-refractivity contribution in [2.75, 3.05) is 11.9 Å². The number of aromatic nitrogens is 2. The average Bonchev–Trinajstić information content (AvgIpc) is 2.70. The van der Waals surface area contributed by atoms with Crippen LogP contribution in [0.25, 0.3) is 0 Å². The number of carbonyl (C=O) groups is 1. The molecule has 19 heavy (non-hydrogen) atoms. The van der Waals surface area contributed by atoms with Crippen LogP contribution in [0.1, 0.15) is 41.0 Å². The van der Waals surface area contributed by atoms with Crippen LogP contribution in [0.2, 0.25) is 0 Å². The van der Waals surface area contributed by atoms with Crippen molar-refractivity contribution in [1.82, 2.24) is 15.5 Å². The molecule has 0 aromatic carbocycles. The molecule has 0 fully saturated rings. The zero-order valence-electron chi connectivity index (χ0n) is 12.1. The van der Waals surface area contributed by atoms with Gasteiger partial charge in [-0.1, -0.05) is 30.0 Å². The fraction of sp³-hybridized carbons (Fsp3) is 0.750. The molecule has 0 aliphatic heterocycles. The highest BCUT2D eigenvalue weighted by molar-refractivity contribution is 8.02. The maximum absolute atomic E-state index is 11.8. The number of nitrogens with zero attached hydrogens (tertiary/aromatic N) is 2. The molecule has 0 radical (unpaired) electrons. The summed E-state index contributed by atoms with van der Waals surface area (Å²) in [4.78, 5) is 11.8. The molecule has 1 aromatic heterocycles.